The van der Waals surface area contributed by atoms with Crippen molar-refractivity contribution in [1.29, 1.82) is 0 Å². The van der Waals surface area contributed by atoms with E-state index in [0.29, 0.717) is 5.15 Å². The van der Waals surface area contributed by atoms with Crippen molar-refractivity contribution >= 4 is 50.1 Å². The standard InChI is InChI=1S/C7H9BrClIN2/c1-7(2,3)12-6(9)4(10)5(8)11-12/h1-3H3. The second-order valence-electron chi connectivity index (χ2n) is 3.48. The molecule has 0 atom stereocenters. The molecule has 68 valence electrons. The van der Waals surface area contributed by atoms with E-state index < -0.39 is 0 Å². The first-order chi connectivity index (χ1) is 5.34. The Morgan fingerprint density at radius 2 is 2.00 bits per heavy atom. The molecule has 0 aromatic carbocycles. The van der Waals surface area contributed by atoms with Crippen molar-refractivity contribution in [2.75, 3.05) is 0 Å². The summed E-state index contributed by atoms with van der Waals surface area (Å²) in [5.41, 5.74) is -0.0664. The van der Waals surface area contributed by atoms with Crippen molar-refractivity contribution in [2.24, 2.45) is 0 Å². The average Bonchev–Trinajstić information content (AvgIpc) is 2.15. The van der Waals surface area contributed by atoms with E-state index in [2.05, 4.69) is 64.4 Å². The predicted molar refractivity (Wildman–Crippen MR) is 62.7 cm³/mol. The van der Waals surface area contributed by atoms with Gasteiger partial charge >= 0.3 is 0 Å². The zero-order chi connectivity index (χ0) is 9.52. The molecule has 1 rings (SSSR count). The number of hydrogen-bond donors (Lipinski definition) is 0. The molecule has 1 aromatic heterocycles. The first-order valence-electron chi connectivity index (χ1n) is 3.44. The molecule has 1 heterocycles. The van der Waals surface area contributed by atoms with Gasteiger partial charge in [0.25, 0.3) is 0 Å². The molecule has 5 heteroatoms. The van der Waals surface area contributed by atoms with E-state index in [9.17, 15) is 0 Å². The van der Waals surface area contributed by atoms with Gasteiger partial charge in [-0.25, -0.2) is 4.68 Å². The molecule has 0 bridgehead atoms. The third kappa shape index (κ3) is 1.96. The van der Waals surface area contributed by atoms with Crippen molar-refractivity contribution < 1.29 is 0 Å². The van der Waals surface area contributed by atoms with Gasteiger partial charge in [0.05, 0.1) is 9.11 Å². The van der Waals surface area contributed by atoms with Crippen molar-refractivity contribution in [3.8, 4) is 0 Å². The van der Waals surface area contributed by atoms with Crippen LogP contribution < -0.4 is 0 Å². The Morgan fingerprint density at radius 3 is 2.17 bits per heavy atom. The molecule has 0 aliphatic rings. The van der Waals surface area contributed by atoms with E-state index in [1.807, 2.05) is 0 Å². The maximum Gasteiger partial charge on any atom is 0.143 e. The van der Waals surface area contributed by atoms with Crippen molar-refractivity contribution in [3.63, 3.8) is 0 Å². The summed E-state index contributed by atoms with van der Waals surface area (Å²) in [6.07, 6.45) is 0. The van der Waals surface area contributed by atoms with Crippen LogP contribution in [0.1, 0.15) is 20.8 Å². The Balaban J connectivity index is 3.28. The monoisotopic (exact) mass is 362 g/mol. The highest BCUT2D eigenvalue weighted by molar-refractivity contribution is 14.1. The Morgan fingerprint density at radius 1 is 1.50 bits per heavy atom. The highest BCUT2D eigenvalue weighted by Crippen LogP contribution is 2.30. The first kappa shape index (κ1) is 10.8. The fraction of sp³-hybridized carbons (Fsp3) is 0.571. The van der Waals surface area contributed by atoms with E-state index in [0.717, 1.165) is 8.17 Å². The summed E-state index contributed by atoms with van der Waals surface area (Å²) in [7, 11) is 0. The lowest BCUT2D eigenvalue weighted by atomic mass is 10.1. The van der Waals surface area contributed by atoms with E-state index in [1.165, 1.54) is 0 Å². The molecule has 12 heavy (non-hydrogen) atoms. The van der Waals surface area contributed by atoms with Gasteiger partial charge in [-0.3, -0.25) is 0 Å². The van der Waals surface area contributed by atoms with Crippen LogP contribution in [0.2, 0.25) is 5.15 Å². The van der Waals surface area contributed by atoms with Crippen LogP contribution >= 0.6 is 50.1 Å². The van der Waals surface area contributed by atoms with Crippen LogP contribution in [0.3, 0.4) is 0 Å². The fourth-order valence-corrected chi connectivity index (χ4v) is 1.98. The fourth-order valence-electron chi connectivity index (χ4n) is 0.798. The van der Waals surface area contributed by atoms with Crippen LogP contribution in [-0.2, 0) is 5.54 Å². The predicted octanol–water partition coefficient (Wildman–Crippen LogP) is 3.66. The molecule has 0 unspecified atom stereocenters. The van der Waals surface area contributed by atoms with Crippen molar-refractivity contribution in [2.45, 2.75) is 26.3 Å². The summed E-state index contributed by atoms with van der Waals surface area (Å²) < 4.78 is 3.58. The zero-order valence-electron chi connectivity index (χ0n) is 7.03. The van der Waals surface area contributed by atoms with Gasteiger partial charge in [-0.05, 0) is 59.3 Å². The highest BCUT2D eigenvalue weighted by Gasteiger charge is 2.21. The van der Waals surface area contributed by atoms with Crippen LogP contribution in [0, 0.1) is 3.57 Å². The summed E-state index contributed by atoms with van der Waals surface area (Å²) in [4.78, 5) is 0. The van der Waals surface area contributed by atoms with Gasteiger partial charge in [-0.2, -0.15) is 5.10 Å². The van der Waals surface area contributed by atoms with Gasteiger partial charge in [0.2, 0.25) is 0 Å². The molecule has 2 nitrogen and oxygen atoms in total. The van der Waals surface area contributed by atoms with E-state index >= 15 is 0 Å². The lowest BCUT2D eigenvalue weighted by Crippen LogP contribution is -2.23. The zero-order valence-corrected chi connectivity index (χ0v) is 11.5. The molecule has 0 radical (unpaired) electrons. The Kier molecular flexibility index (Phi) is 3.11. The molecule has 0 spiro atoms. The molecule has 0 amide bonds. The van der Waals surface area contributed by atoms with Crippen molar-refractivity contribution in [3.05, 3.63) is 13.3 Å². The average molecular weight is 363 g/mol. The molecule has 0 saturated carbocycles. The molecular formula is C7H9BrClIN2. The maximum absolute atomic E-state index is 6.06. The van der Waals surface area contributed by atoms with Crippen LogP contribution in [0.25, 0.3) is 0 Å². The summed E-state index contributed by atoms with van der Waals surface area (Å²) in [6.45, 7) is 6.19. The van der Waals surface area contributed by atoms with Crippen LogP contribution in [0.5, 0.6) is 0 Å². The lowest BCUT2D eigenvalue weighted by Gasteiger charge is -2.19. The molecular weight excluding hydrogens is 354 g/mol. The van der Waals surface area contributed by atoms with Crippen LogP contribution in [0.4, 0.5) is 0 Å². The molecule has 0 saturated heterocycles. The lowest BCUT2D eigenvalue weighted by molar-refractivity contribution is 0.355. The summed E-state index contributed by atoms with van der Waals surface area (Å²) in [6, 6.07) is 0. The third-order valence-corrected chi connectivity index (χ3v) is 4.36. The number of nitrogens with zero attached hydrogens (tertiary/aromatic N) is 2. The maximum atomic E-state index is 6.06. The molecule has 0 fully saturated rings. The minimum Gasteiger partial charge on any atom is -0.247 e. The SMILES string of the molecule is CC(C)(C)n1nc(Br)c(I)c1Cl. The van der Waals surface area contributed by atoms with Gasteiger partial charge < -0.3 is 0 Å². The molecule has 0 aliphatic heterocycles. The van der Waals surface area contributed by atoms with Gasteiger partial charge in [0.1, 0.15) is 9.76 Å². The van der Waals surface area contributed by atoms with E-state index in [4.69, 9.17) is 11.6 Å². The largest absolute Gasteiger partial charge is 0.247 e. The normalized spacial score (nSPS) is 12.2. The Hall–Kier alpha value is 0.710. The Bertz CT molecular complexity index is 303. The summed E-state index contributed by atoms with van der Waals surface area (Å²) in [5, 5.41) is 4.96. The van der Waals surface area contributed by atoms with Gasteiger partial charge in [0, 0.05) is 0 Å². The minimum absolute atomic E-state index is 0.0664. The topological polar surface area (TPSA) is 17.8 Å². The smallest absolute Gasteiger partial charge is 0.143 e. The number of hydrogen-bond acceptors (Lipinski definition) is 1. The molecule has 0 aliphatic carbocycles. The van der Waals surface area contributed by atoms with Crippen LogP contribution in [-0.4, -0.2) is 9.78 Å². The first-order valence-corrected chi connectivity index (χ1v) is 5.69. The second kappa shape index (κ2) is 3.46. The second-order valence-corrected chi connectivity index (χ2v) is 5.67. The minimum atomic E-state index is -0.0664. The highest BCUT2D eigenvalue weighted by atomic mass is 127. The Labute approximate surface area is 98.9 Å². The van der Waals surface area contributed by atoms with Gasteiger partial charge in [0.15, 0.2) is 0 Å². The van der Waals surface area contributed by atoms with Gasteiger partial charge in [-0.15, -0.1) is 0 Å². The summed E-state index contributed by atoms with van der Waals surface area (Å²) >= 11 is 11.6. The number of halogens is 3. The molecule has 1 aromatic rings. The summed E-state index contributed by atoms with van der Waals surface area (Å²) in [5.74, 6) is 0. The number of aromatic nitrogens is 2. The van der Waals surface area contributed by atoms with E-state index in [-0.39, 0.29) is 5.54 Å². The molecule has 0 N–H and O–H groups in total. The van der Waals surface area contributed by atoms with Crippen LogP contribution in [0.15, 0.2) is 4.60 Å². The van der Waals surface area contributed by atoms with Gasteiger partial charge in [-0.1, -0.05) is 11.6 Å². The number of rotatable bonds is 0. The van der Waals surface area contributed by atoms with E-state index in [1.54, 1.807) is 4.68 Å². The third-order valence-electron chi connectivity index (χ3n) is 1.37. The van der Waals surface area contributed by atoms with Crippen molar-refractivity contribution in [1.82, 2.24) is 9.78 Å². The quantitative estimate of drug-likeness (QED) is 0.644.